The number of hydrogen-bond donors (Lipinski definition) is 1. The van der Waals surface area contributed by atoms with Gasteiger partial charge < -0.3 is 10.1 Å². The number of aliphatic imine (C=N–C) groups is 1. The Hall–Kier alpha value is -1.51. The molecule has 1 aromatic carbocycles. The van der Waals surface area contributed by atoms with E-state index in [0.29, 0.717) is 0 Å². The molecule has 0 heterocycles. The first-order valence-electron chi connectivity index (χ1n) is 5.27. The Labute approximate surface area is 91.2 Å². The van der Waals surface area contributed by atoms with Gasteiger partial charge in [-0.05, 0) is 18.6 Å². The number of hydrogen-bond acceptors (Lipinski definition) is 2. The molecule has 0 fully saturated rings. The normalized spacial score (nSPS) is 10.5. The molecule has 0 aromatic heterocycles. The van der Waals surface area contributed by atoms with Gasteiger partial charge in [-0.3, -0.25) is 4.99 Å². The van der Waals surface area contributed by atoms with Gasteiger partial charge in [-0.1, -0.05) is 25.5 Å². The zero-order valence-electron chi connectivity index (χ0n) is 9.36. The molecule has 0 aliphatic rings. The van der Waals surface area contributed by atoms with E-state index in [-0.39, 0.29) is 0 Å². The van der Waals surface area contributed by atoms with E-state index >= 15 is 0 Å². The standard InChI is InChI=1S/C12H18N2O/c1-3-4-9-15-12-8-6-5-7-11(12)14-10-13-2/h5-8,10H,3-4,9H2,1-2H3,(H,13,14). The molecular formula is C12H18N2O. The van der Waals surface area contributed by atoms with Crippen LogP contribution >= 0.6 is 0 Å². The van der Waals surface area contributed by atoms with Crippen molar-refractivity contribution in [3.05, 3.63) is 24.3 Å². The van der Waals surface area contributed by atoms with E-state index in [1.807, 2.05) is 24.3 Å². The predicted octanol–water partition coefficient (Wildman–Crippen LogP) is 2.94. The first kappa shape index (κ1) is 11.6. The monoisotopic (exact) mass is 206 g/mol. The number of unbranched alkanes of at least 4 members (excludes halogenated alkanes) is 1. The van der Waals surface area contributed by atoms with Crippen LogP contribution < -0.4 is 10.1 Å². The van der Waals surface area contributed by atoms with E-state index in [2.05, 4.69) is 17.2 Å². The van der Waals surface area contributed by atoms with Crippen LogP contribution in [0.3, 0.4) is 0 Å². The van der Waals surface area contributed by atoms with Gasteiger partial charge in [0.1, 0.15) is 5.75 Å². The number of para-hydroxylation sites is 2. The van der Waals surface area contributed by atoms with Gasteiger partial charge in [0.15, 0.2) is 0 Å². The van der Waals surface area contributed by atoms with Crippen LogP contribution in [0, 0.1) is 0 Å². The van der Waals surface area contributed by atoms with Crippen LogP contribution in [0.5, 0.6) is 5.75 Å². The van der Waals surface area contributed by atoms with Gasteiger partial charge in [-0.2, -0.15) is 0 Å². The Morgan fingerprint density at radius 3 is 2.93 bits per heavy atom. The lowest BCUT2D eigenvalue weighted by atomic mass is 10.3. The van der Waals surface area contributed by atoms with Gasteiger partial charge in [0.25, 0.3) is 0 Å². The van der Waals surface area contributed by atoms with Crippen molar-refractivity contribution in [2.24, 2.45) is 4.99 Å². The molecule has 1 aromatic rings. The number of anilines is 1. The van der Waals surface area contributed by atoms with Crippen LogP contribution in [0.15, 0.2) is 29.3 Å². The maximum Gasteiger partial charge on any atom is 0.142 e. The summed E-state index contributed by atoms with van der Waals surface area (Å²) in [5, 5.41) is 3.07. The number of ether oxygens (including phenoxy) is 1. The van der Waals surface area contributed by atoms with Crippen molar-refractivity contribution in [2.45, 2.75) is 19.8 Å². The SMILES string of the molecule is CCCCOc1ccccc1NC=NC. The fraction of sp³-hybridized carbons (Fsp3) is 0.417. The van der Waals surface area contributed by atoms with Crippen molar-refractivity contribution in [3.63, 3.8) is 0 Å². The molecule has 1 N–H and O–H groups in total. The van der Waals surface area contributed by atoms with Gasteiger partial charge in [-0.15, -0.1) is 0 Å². The van der Waals surface area contributed by atoms with Gasteiger partial charge in [0.05, 0.1) is 18.6 Å². The van der Waals surface area contributed by atoms with Crippen LogP contribution in [0.2, 0.25) is 0 Å². The molecule has 82 valence electrons. The highest BCUT2D eigenvalue weighted by Gasteiger charge is 1.99. The van der Waals surface area contributed by atoms with Crippen molar-refractivity contribution >= 4 is 12.0 Å². The average molecular weight is 206 g/mol. The van der Waals surface area contributed by atoms with Crippen molar-refractivity contribution < 1.29 is 4.74 Å². The summed E-state index contributed by atoms with van der Waals surface area (Å²) in [5.41, 5.74) is 0.958. The van der Waals surface area contributed by atoms with E-state index in [0.717, 1.165) is 30.9 Å². The molecule has 0 bridgehead atoms. The van der Waals surface area contributed by atoms with Crippen molar-refractivity contribution in [2.75, 3.05) is 19.0 Å². The number of nitrogens with zero attached hydrogens (tertiary/aromatic N) is 1. The smallest absolute Gasteiger partial charge is 0.142 e. The fourth-order valence-electron chi connectivity index (χ4n) is 1.17. The van der Waals surface area contributed by atoms with Gasteiger partial charge >= 0.3 is 0 Å². The van der Waals surface area contributed by atoms with Crippen LogP contribution in [-0.2, 0) is 0 Å². The van der Waals surface area contributed by atoms with Crippen molar-refractivity contribution in [1.82, 2.24) is 0 Å². The molecule has 0 spiro atoms. The highest BCUT2D eigenvalue weighted by atomic mass is 16.5. The third kappa shape index (κ3) is 4.02. The molecule has 3 heteroatoms. The molecule has 0 unspecified atom stereocenters. The Bertz CT molecular complexity index is 310. The maximum atomic E-state index is 5.65. The van der Waals surface area contributed by atoms with E-state index in [1.165, 1.54) is 0 Å². The Morgan fingerprint density at radius 1 is 1.40 bits per heavy atom. The Kier molecular flexibility index (Phi) is 5.30. The first-order chi connectivity index (χ1) is 7.38. The highest BCUT2D eigenvalue weighted by molar-refractivity contribution is 5.78. The summed E-state index contributed by atoms with van der Waals surface area (Å²) in [6.45, 7) is 2.91. The summed E-state index contributed by atoms with van der Waals surface area (Å²) in [4.78, 5) is 3.88. The van der Waals surface area contributed by atoms with Crippen LogP contribution in [0.1, 0.15) is 19.8 Å². The quantitative estimate of drug-likeness (QED) is 0.441. The number of benzene rings is 1. The predicted molar refractivity (Wildman–Crippen MR) is 64.9 cm³/mol. The lowest BCUT2D eigenvalue weighted by molar-refractivity contribution is 0.311. The number of rotatable bonds is 6. The van der Waals surface area contributed by atoms with Crippen LogP contribution in [0.25, 0.3) is 0 Å². The molecule has 0 radical (unpaired) electrons. The molecule has 0 aliphatic heterocycles. The summed E-state index contributed by atoms with van der Waals surface area (Å²) in [6, 6.07) is 7.87. The molecule has 15 heavy (non-hydrogen) atoms. The zero-order chi connectivity index (χ0) is 10.9. The van der Waals surface area contributed by atoms with Crippen molar-refractivity contribution in [3.8, 4) is 5.75 Å². The minimum atomic E-state index is 0.762. The molecule has 0 atom stereocenters. The zero-order valence-corrected chi connectivity index (χ0v) is 9.36. The second-order valence-electron chi connectivity index (χ2n) is 3.23. The lowest BCUT2D eigenvalue weighted by Crippen LogP contribution is -2.01. The van der Waals surface area contributed by atoms with Crippen LogP contribution in [0.4, 0.5) is 5.69 Å². The van der Waals surface area contributed by atoms with Crippen molar-refractivity contribution in [1.29, 1.82) is 0 Å². The summed E-state index contributed by atoms with van der Waals surface area (Å²) in [7, 11) is 1.73. The Balaban J connectivity index is 2.59. The molecule has 0 saturated carbocycles. The summed E-state index contributed by atoms with van der Waals surface area (Å²) >= 11 is 0. The molecular weight excluding hydrogens is 188 g/mol. The van der Waals surface area contributed by atoms with E-state index in [4.69, 9.17) is 4.74 Å². The van der Waals surface area contributed by atoms with Gasteiger partial charge in [0, 0.05) is 7.05 Å². The fourth-order valence-corrected chi connectivity index (χ4v) is 1.17. The first-order valence-corrected chi connectivity index (χ1v) is 5.27. The maximum absolute atomic E-state index is 5.65. The second kappa shape index (κ2) is 6.87. The van der Waals surface area contributed by atoms with E-state index in [9.17, 15) is 0 Å². The molecule has 1 rings (SSSR count). The topological polar surface area (TPSA) is 33.6 Å². The third-order valence-electron chi connectivity index (χ3n) is 1.99. The van der Waals surface area contributed by atoms with Gasteiger partial charge in [-0.25, -0.2) is 0 Å². The summed E-state index contributed by atoms with van der Waals surface area (Å²) in [6.07, 6.45) is 3.88. The number of nitrogens with one attached hydrogen (secondary N) is 1. The summed E-state index contributed by atoms with van der Waals surface area (Å²) in [5.74, 6) is 0.880. The summed E-state index contributed by atoms with van der Waals surface area (Å²) < 4.78 is 5.65. The van der Waals surface area contributed by atoms with E-state index < -0.39 is 0 Å². The minimum absolute atomic E-state index is 0.762. The highest BCUT2D eigenvalue weighted by Crippen LogP contribution is 2.23. The molecule has 0 aliphatic carbocycles. The molecule has 0 saturated heterocycles. The second-order valence-corrected chi connectivity index (χ2v) is 3.23. The molecule has 3 nitrogen and oxygen atoms in total. The third-order valence-corrected chi connectivity index (χ3v) is 1.99. The Morgan fingerprint density at radius 2 is 2.20 bits per heavy atom. The average Bonchev–Trinajstić information content (AvgIpc) is 2.28. The van der Waals surface area contributed by atoms with Gasteiger partial charge in [0.2, 0.25) is 0 Å². The minimum Gasteiger partial charge on any atom is -0.491 e. The van der Waals surface area contributed by atoms with E-state index in [1.54, 1.807) is 13.4 Å². The largest absolute Gasteiger partial charge is 0.491 e. The van der Waals surface area contributed by atoms with Crippen LogP contribution in [-0.4, -0.2) is 20.0 Å². The molecule has 0 amide bonds. The lowest BCUT2D eigenvalue weighted by Gasteiger charge is -2.10.